The van der Waals surface area contributed by atoms with E-state index in [9.17, 15) is 4.79 Å². The number of nitrogens with one attached hydrogen (secondary N) is 1. The minimum Gasteiger partial charge on any atom is -0.496 e. The van der Waals surface area contributed by atoms with Crippen molar-refractivity contribution in [2.75, 3.05) is 25.1 Å². The number of nitrogens with zero attached hydrogens (tertiary/aromatic N) is 3. The van der Waals surface area contributed by atoms with Crippen LogP contribution in [-0.4, -0.2) is 36.1 Å². The number of hydrogen-bond donors (Lipinski definition) is 1. The number of hydrogen-bond acceptors (Lipinski definition) is 6. The molecule has 1 N–H and O–H groups in total. The highest BCUT2D eigenvalue weighted by Crippen LogP contribution is 2.28. The zero-order chi connectivity index (χ0) is 20.2. The highest BCUT2D eigenvalue weighted by molar-refractivity contribution is 9.10. The number of carbonyl (C=O) groups excluding carboxylic acids is 1. The average molecular weight is 473 g/mol. The lowest BCUT2D eigenvalue weighted by Crippen LogP contribution is -2.23. The van der Waals surface area contributed by atoms with E-state index in [0.717, 1.165) is 45.3 Å². The molecule has 3 aromatic rings. The van der Waals surface area contributed by atoms with E-state index in [1.807, 2.05) is 30.5 Å². The molecule has 0 radical (unpaired) electrons. The summed E-state index contributed by atoms with van der Waals surface area (Å²) in [6.07, 6.45) is 4.22. The van der Waals surface area contributed by atoms with Crippen LogP contribution < -0.4 is 15.0 Å². The van der Waals surface area contributed by atoms with Gasteiger partial charge in [0.15, 0.2) is 0 Å². The molecule has 0 aliphatic carbocycles. The summed E-state index contributed by atoms with van der Waals surface area (Å²) in [7, 11) is 1.62. The summed E-state index contributed by atoms with van der Waals surface area (Å²) in [5.41, 5.74) is 2.30. The van der Waals surface area contributed by atoms with E-state index in [4.69, 9.17) is 4.74 Å². The van der Waals surface area contributed by atoms with E-state index in [-0.39, 0.29) is 5.91 Å². The first kappa shape index (κ1) is 19.8. The highest BCUT2D eigenvalue weighted by atomic mass is 79.9. The van der Waals surface area contributed by atoms with Crippen molar-refractivity contribution in [3.05, 3.63) is 57.6 Å². The molecular weight excluding hydrogens is 452 g/mol. The molecule has 0 atom stereocenters. The van der Waals surface area contributed by atoms with E-state index < -0.39 is 0 Å². The number of amides is 1. The van der Waals surface area contributed by atoms with Gasteiger partial charge in [0.05, 0.1) is 7.11 Å². The molecular formula is C21H21BrN4O2S. The SMILES string of the molecule is COc1ccc(Br)cc1CNC(=O)c1csc(-c2ccnc(N3CCCC3)c2)n1. The summed E-state index contributed by atoms with van der Waals surface area (Å²) in [5, 5.41) is 5.53. The Morgan fingerprint density at radius 2 is 2.10 bits per heavy atom. The number of aromatic nitrogens is 2. The number of anilines is 1. The second-order valence-corrected chi connectivity index (χ2v) is 8.55. The molecule has 0 saturated carbocycles. The molecule has 1 aliphatic heterocycles. The van der Waals surface area contributed by atoms with Gasteiger partial charge >= 0.3 is 0 Å². The second kappa shape index (κ2) is 8.92. The summed E-state index contributed by atoms with van der Waals surface area (Å²) in [5.74, 6) is 1.50. The van der Waals surface area contributed by atoms with Crippen molar-refractivity contribution < 1.29 is 9.53 Å². The molecule has 3 heterocycles. The molecule has 4 rings (SSSR count). The molecule has 2 aromatic heterocycles. The fourth-order valence-corrected chi connectivity index (χ4v) is 4.54. The maximum atomic E-state index is 12.6. The lowest BCUT2D eigenvalue weighted by molar-refractivity contribution is 0.0946. The van der Waals surface area contributed by atoms with E-state index in [0.29, 0.717) is 12.2 Å². The maximum absolute atomic E-state index is 12.6. The summed E-state index contributed by atoms with van der Waals surface area (Å²) >= 11 is 4.91. The molecule has 29 heavy (non-hydrogen) atoms. The van der Waals surface area contributed by atoms with Crippen molar-refractivity contribution in [1.82, 2.24) is 15.3 Å². The van der Waals surface area contributed by atoms with Crippen LogP contribution in [0.5, 0.6) is 5.75 Å². The highest BCUT2D eigenvalue weighted by Gasteiger charge is 2.16. The molecule has 1 fully saturated rings. The number of pyridine rings is 1. The van der Waals surface area contributed by atoms with Gasteiger partial charge < -0.3 is 15.0 Å². The lowest BCUT2D eigenvalue weighted by atomic mass is 10.2. The topological polar surface area (TPSA) is 67.3 Å². The number of halogens is 1. The van der Waals surface area contributed by atoms with Crippen molar-refractivity contribution in [3.63, 3.8) is 0 Å². The number of thiazole rings is 1. The Morgan fingerprint density at radius 1 is 1.28 bits per heavy atom. The van der Waals surface area contributed by atoms with Gasteiger partial charge in [-0.1, -0.05) is 15.9 Å². The predicted molar refractivity (Wildman–Crippen MR) is 119 cm³/mol. The van der Waals surface area contributed by atoms with Crippen LogP contribution >= 0.6 is 27.3 Å². The van der Waals surface area contributed by atoms with Crippen molar-refractivity contribution in [1.29, 1.82) is 0 Å². The summed E-state index contributed by atoms with van der Waals surface area (Å²) in [6.45, 7) is 2.45. The van der Waals surface area contributed by atoms with Crippen molar-refractivity contribution in [2.24, 2.45) is 0 Å². The van der Waals surface area contributed by atoms with Gasteiger partial charge in [0.2, 0.25) is 0 Å². The van der Waals surface area contributed by atoms with Gasteiger partial charge in [0, 0.05) is 46.8 Å². The molecule has 8 heteroatoms. The Hall–Kier alpha value is -2.45. The van der Waals surface area contributed by atoms with Gasteiger partial charge in [-0.25, -0.2) is 9.97 Å². The first-order chi connectivity index (χ1) is 14.1. The van der Waals surface area contributed by atoms with E-state index in [2.05, 4.69) is 42.2 Å². The maximum Gasteiger partial charge on any atom is 0.271 e. The van der Waals surface area contributed by atoms with Gasteiger partial charge in [0.1, 0.15) is 22.3 Å². The molecule has 1 aromatic carbocycles. The standard InChI is InChI=1S/C21H21BrN4O2S/c1-28-18-5-4-16(22)10-15(18)12-24-20(27)17-13-29-21(25-17)14-6-7-23-19(11-14)26-8-2-3-9-26/h4-7,10-11,13H,2-3,8-9,12H2,1H3,(H,24,27). The molecule has 6 nitrogen and oxygen atoms in total. The largest absolute Gasteiger partial charge is 0.496 e. The average Bonchev–Trinajstić information content (AvgIpc) is 3.44. The summed E-state index contributed by atoms with van der Waals surface area (Å²) < 4.78 is 6.29. The smallest absolute Gasteiger partial charge is 0.271 e. The van der Waals surface area contributed by atoms with Crippen molar-refractivity contribution in [2.45, 2.75) is 19.4 Å². The fourth-order valence-electron chi connectivity index (χ4n) is 3.33. The van der Waals surface area contributed by atoms with Crippen LogP contribution in [0.25, 0.3) is 10.6 Å². The molecule has 1 aliphatic rings. The summed E-state index contributed by atoms with van der Waals surface area (Å²) in [6, 6.07) is 9.70. The number of benzene rings is 1. The molecule has 0 spiro atoms. The Morgan fingerprint density at radius 3 is 2.90 bits per heavy atom. The molecule has 150 valence electrons. The molecule has 1 saturated heterocycles. The normalized spacial score (nSPS) is 13.5. The van der Waals surface area contributed by atoms with Gasteiger partial charge in [-0.05, 0) is 43.2 Å². The van der Waals surface area contributed by atoms with Crippen LogP contribution in [0.4, 0.5) is 5.82 Å². The Kier molecular flexibility index (Phi) is 6.10. The fraction of sp³-hybridized carbons (Fsp3) is 0.286. The Balaban J connectivity index is 1.46. The van der Waals surface area contributed by atoms with Crippen molar-refractivity contribution in [3.8, 4) is 16.3 Å². The quantitative estimate of drug-likeness (QED) is 0.571. The van der Waals surface area contributed by atoms with Gasteiger partial charge in [-0.3, -0.25) is 4.79 Å². The molecule has 0 bridgehead atoms. The van der Waals surface area contributed by atoms with Gasteiger partial charge in [-0.15, -0.1) is 11.3 Å². The van der Waals surface area contributed by atoms with Gasteiger partial charge in [0.25, 0.3) is 5.91 Å². The zero-order valence-electron chi connectivity index (χ0n) is 16.0. The zero-order valence-corrected chi connectivity index (χ0v) is 18.4. The van der Waals surface area contributed by atoms with E-state index in [1.54, 1.807) is 12.5 Å². The molecule has 1 amide bonds. The van der Waals surface area contributed by atoms with Crippen LogP contribution in [0.3, 0.4) is 0 Å². The van der Waals surface area contributed by atoms with Crippen LogP contribution in [0, 0.1) is 0 Å². The first-order valence-electron chi connectivity index (χ1n) is 9.41. The Labute approximate surface area is 182 Å². The van der Waals surface area contributed by atoms with Crippen LogP contribution in [0.2, 0.25) is 0 Å². The van der Waals surface area contributed by atoms with E-state index >= 15 is 0 Å². The number of rotatable bonds is 6. The Bertz CT molecular complexity index is 1020. The lowest BCUT2D eigenvalue weighted by Gasteiger charge is -2.16. The van der Waals surface area contributed by atoms with E-state index in [1.165, 1.54) is 24.2 Å². The number of methoxy groups -OCH3 is 1. The van der Waals surface area contributed by atoms with Crippen LogP contribution in [0.15, 0.2) is 46.4 Å². The third-order valence-electron chi connectivity index (χ3n) is 4.84. The van der Waals surface area contributed by atoms with Crippen LogP contribution in [0.1, 0.15) is 28.9 Å². The minimum atomic E-state index is -0.205. The number of carbonyl (C=O) groups is 1. The third kappa shape index (κ3) is 4.59. The molecule has 0 unspecified atom stereocenters. The minimum absolute atomic E-state index is 0.205. The second-order valence-electron chi connectivity index (χ2n) is 6.77. The first-order valence-corrected chi connectivity index (χ1v) is 11.1. The monoisotopic (exact) mass is 472 g/mol. The summed E-state index contributed by atoms with van der Waals surface area (Å²) in [4.78, 5) is 23.9. The number of ether oxygens (including phenoxy) is 1. The van der Waals surface area contributed by atoms with Gasteiger partial charge in [-0.2, -0.15) is 0 Å². The van der Waals surface area contributed by atoms with Crippen LogP contribution in [-0.2, 0) is 6.54 Å². The predicted octanol–water partition coefficient (Wildman–Crippen LogP) is 4.51. The third-order valence-corrected chi connectivity index (χ3v) is 6.23. The van der Waals surface area contributed by atoms with Crippen molar-refractivity contribution >= 4 is 39.0 Å².